The van der Waals surface area contributed by atoms with E-state index in [9.17, 15) is 14.4 Å². The number of benzene rings is 1. The Labute approximate surface area is 176 Å². The van der Waals surface area contributed by atoms with Gasteiger partial charge in [0.2, 0.25) is 5.91 Å². The van der Waals surface area contributed by atoms with Crippen LogP contribution < -0.4 is 10.6 Å². The van der Waals surface area contributed by atoms with E-state index in [-0.39, 0.29) is 29.4 Å². The van der Waals surface area contributed by atoms with E-state index >= 15 is 0 Å². The lowest BCUT2D eigenvalue weighted by molar-refractivity contribution is -0.133. The van der Waals surface area contributed by atoms with Crippen LogP contribution in [0.2, 0.25) is 0 Å². The fourth-order valence-electron chi connectivity index (χ4n) is 3.37. The molecule has 8 heteroatoms. The van der Waals surface area contributed by atoms with Gasteiger partial charge in [0.25, 0.3) is 11.8 Å². The fourth-order valence-corrected chi connectivity index (χ4v) is 3.37. The highest BCUT2D eigenvalue weighted by atomic mass is 16.2. The molecular weight excluding hydrogens is 382 g/mol. The van der Waals surface area contributed by atoms with Crippen molar-refractivity contribution in [1.82, 2.24) is 20.2 Å². The van der Waals surface area contributed by atoms with Crippen LogP contribution in [0.5, 0.6) is 0 Å². The summed E-state index contributed by atoms with van der Waals surface area (Å²) < 4.78 is 0. The minimum atomic E-state index is -0.390. The number of anilines is 1. The Morgan fingerprint density at radius 2 is 1.70 bits per heavy atom. The fraction of sp³-hybridized carbons (Fsp3) is 0.409. The van der Waals surface area contributed by atoms with Crippen molar-refractivity contribution < 1.29 is 14.4 Å². The molecule has 1 fully saturated rings. The molecule has 8 nitrogen and oxygen atoms in total. The van der Waals surface area contributed by atoms with Crippen LogP contribution in [-0.4, -0.2) is 51.7 Å². The van der Waals surface area contributed by atoms with E-state index in [2.05, 4.69) is 20.6 Å². The lowest BCUT2D eigenvalue weighted by Gasteiger charge is -2.32. The van der Waals surface area contributed by atoms with Gasteiger partial charge in [-0.25, -0.2) is 9.97 Å². The largest absolute Gasteiger partial charge is 0.348 e. The van der Waals surface area contributed by atoms with Gasteiger partial charge >= 0.3 is 0 Å². The zero-order valence-electron chi connectivity index (χ0n) is 17.3. The molecule has 0 unspecified atom stereocenters. The summed E-state index contributed by atoms with van der Waals surface area (Å²) in [5, 5.41) is 5.62. The number of nitrogens with one attached hydrogen (secondary N) is 2. The molecule has 2 aromatic rings. The molecule has 0 spiro atoms. The van der Waals surface area contributed by atoms with Crippen molar-refractivity contribution in [2.24, 2.45) is 5.92 Å². The van der Waals surface area contributed by atoms with Crippen LogP contribution in [0.15, 0.2) is 42.7 Å². The van der Waals surface area contributed by atoms with Crippen LogP contribution in [0.3, 0.4) is 0 Å². The van der Waals surface area contributed by atoms with E-state index < -0.39 is 5.91 Å². The zero-order chi connectivity index (χ0) is 21.5. The monoisotopic (exact) mass is 409 g/mol. The third-order valence-electron chi connectivity index (χ3n) is 4.95. The van der Waals surface area contributed by atoms with Crippen molar-refractivity contribution in [3.05, 3.63) is 54.0 Å². The standard InChI is InChI=1S/C22H27N5O3/c1-15(2)14-18(28)27-12-8-17(9-13-27)25-22(30)19-20(24-11-10-23-19)26-21(29)16-6-4-3-5-7-16/h3-7,10-11,15,17H,8-9,12-14H2,1-2H3,(H,25,30)(H,24,26,29). The molecule has 0 atom stereocenters. The Bertz CT molecular complexity index is 893. The SMILES string of the molecule is CC(C)CC(=O)N1CCC(NC(=O)c2nccnc2NC(=O)c2ccccc2)CC1. The number of carbonyl (C=O) groups is 3. The van der Waals surface area contributed by atoms with Gasteiger partial charge in [0.05, 0.1) is 0 Å². The Kier molecular flexibility index (Phi) is 7.11. The summed E-state index contributed by atoms with van der Waals surface area (Å²) in [6.07, 6.45) is 4.75. The molecule has 1 aliphatic rings. The summed E-state index contributed by atoms with van der Waals surface area (Å²) in [6.45, 7) is 5.29. The minimum absolute atomic E-state index is 0.0553. The Morgan fingerprint density at radius 3 is 2.37 bits per heavy atom. The highest BCUT2D eigenvalue weighted by Gasteiger charge is 2.26. The van der Waals surface area contributed by atoms with Crippen LogP contribution in [0.1, 0.15) is 54.0 Å². The van der Waals surface area contributed by atoms with Gasteiger partial charge in [0, 0.05) is 43.5 Å². The first-order valence-corrected chi connectivity index (χ1v) is 10.2. The molecule has 1 aliphatic heterocycles. The third kappa shape index (κ3) is 5.62. The number of rotatable bonds is 6. The van der Waals surface area contributed by atoms with Crippen molar-refractivity contribution in [2.75, 3.05) is 18.4 Å². The second-order valence-corrected chi connectivity index (χ2v) is 7.80. The predicted molar refractivity (Wildman–Crippen MR) is 113 cm³/mol. The summed E-state index contributed by atoms with van der Waals surface area (Å²) >= 11 is 0. The second-order valence-electron chi connectivity index (χ2n) is 7.80. The number of aromatic nitrogens is 2. The average molecular weight is 409 g/mol. The summed E-state index contributed by atoms with van der Waals surface area (Å²) in [7, 11) is 0. The number of amides is 3. The van der Waals surface area contributed by atoms with Crippen molar-refractivity contribution in [1.29, 1.82) is 0 Å². The van der Waals surface area contributed by atoms with Crippen LogP contribution in [0.4, 0.5) is 5.82 Å². The van der Waals surface area contributed by atoms with Crippen molar-refractivity contribution in [3.8, 4) is 0 Å². The minimum Gasteiger partial charge on any atom is -0.348 e. The molecule has 0 aliphatic carbocycles. The van der Waals surface area contributed by atoms with E-state index in [1.807, 2.05) is 24.8 Å². The molecule has 30 heavy (non-hydrogen) atoms. The zero-order valence-corrected chi connectivity index (χ0v) is 17.3. The quantitative estimate of drug-likeness (QED) is 0.763. The van der Waals surface area contributed by atoms with Crippen LogP contribution in [-0.2, 0) is 4.79 Å². The van der Waals surface area contributed by atoms with Gasteiger partial charge in [-0.1, -0.05) is 32.0 Å². The number of likely N-dealkylation sites (tertiary alicyclic amines) is 1. The molecule has 1 saturated heterocycles. The number of hydrogen-bond acceptors (Lipinski definition) is 5. The number of piperidine rings is 1. The summed E-state index contributed by atoms with van der Waals surface area (Å²) in [5.41, 5.74) is 0.535. The second kappa shape index (κ2) is 9.96. The first kappa shape index (κ1) is 21.4. The van der Waals surface area contributed by atoms with Gasteiger partial charge in [-0.2, -0.15) is 0 Å². The van der Waals surface area contributed by atoms with Crippen molar-refractivity contribution >= 4 is 23.5 Å². The van der Waals surface area contributed by atoms with Gasteiger partial charge in [-0.05, 0) is 30.9 Å². The number of nitrogens with zero attached hydrogens (tertiary/aromatic N) is 3. The maximum absolute atomic E-state index is 12.8. The van der Waals surface area contributed by atoms with Gasteiger partial charge in [0.1, 0.15) is 0 Å². The molecule has 0 saturated carbocycles. The van der Waals surface area contributed by atoms with E-state index in [0.717, 1.165) is 0 Å². The van der Waals surface area contributed by atoms with Gasteiger partial charge < -0.3 is 15.5 Å². The highest BCUT2D eigenvalue weighted by Crippen LogP contribution is 2.16. The lowest BCUT2D eigenvalue weighted by atomic mass is 10.0. The highest BCUT2D eigenvalue weighted by molar-refractivity contribution is 6.07. The Morgan fingerprint density at radius 1 is 1.03 bits per heavy atom. The Hall–Kier alpha value is -3.29. The molecule has 2 N–H and O–H groups in total. The molecule has 2 heterocycles. The summed E-state index contributed by atoms with van der Waals surface area (Å²) in [6, 6.07) is 8.65. The van der Waals surface area contributed by atoms with Crippen LogP contribution >= 0.6 is 0 Å². The smallest absolute Gasteiger partial charge is 0.273 e. The van der Waals surface area contributed by atoms with Crippen LogP contribution in [0, 0.1) is 5.92 Å². The first-order chi connectivity index (χ1) is 14.4. The third-order valence-corrected chi connectivity index (χ3v) is 4.95. The van der Waals surface area contributed by atoms with E-state index in [1.165, 1.54) is 12.4 Å². The topological polar surface area (TPSA) is 104 Å². The Balaban J connectivity index is 1.59. The first-order valence-electron chi connectivity index (χ1n) is 10.2. The van der Waals surface area contributed by atoms with E-state index in [1.54, 1.807) is 24.3 Å². The molecule has 0 radical (unpaired) electrons. The average Bonchev–Trinajstić information content (AvgIpc) is 2.74. The molecule has 3 rings (SSSR count). The van der Waals surface area contributed by atoms with Crippen molar-refractivity contribution in [3.63, 3.8) is 0 Å². The number of hydrogen-bond donors (Lipinski definition) is 2. The predicted octanol–water partition coefficient (Wildman–Crippen LogP) is 2.50. The summed E-state index contributed by atoms with van der Waals surface area (Å²) in [4.78, 5) is 47.5. The summed E-state index contributed by atoms with van der Waals surface area (Å²) in [5.74, 6) is -0.139. The molecule has 1 aromatic carbocycles. The molecule has 0 bridgehead atoms. The maximum atomic E-state index is 12.8. The van der Waals surface area contributed by atoms with Gasteiger partial charge in [-0.15, -0.1) is 0 Å². The molecular formula is C22H27N5O3. The van der Waals surface area contributed by atoms with Crippen LogP contribution in [0.25, 0.3) is 0 Å². The normalized spacial score (nSPS) is 14.4. The molecule has 158 valence electrons. The van der Waals surface area contributed by atoms with Gasteiger partial charge in [-0.3, -0.25) is 14.4 Å². The molecule has 3 amide bonds. The molecule has 1 aromatic heterocycles. The van der Waals surface area contributed by atoms with Crippen molar-refractivity contribution in [2.45, 2.75) is 39.2 Å². The number of carbonyl (C=O) groups excluding carboxylic acids is 3. The maximum Gasteiger partial charge on any atom is 0.273 e. The lowest BCUT2D eigenvalue weighted by Crippen LogP contribution is -2.47. The van der Waals surface area contributed by atoms with E-state index in [0.29, 0.717) is 43.8 Å². The van der Waals surface area contributed by atoms with E-state index in [4.69, 9.17) is 0 Å². The van der Waals surface area contributed by atoms with Gasteiger partial charge in [0.15, 0.2) is 11.5 Å².